The number of methoxy groups -OCH3 is 1. The molecule has 2 atom stereocenters. The molecule has 94 valence electrons. The van der Waals surface area contributed by atoms with Crippen LogP contribution in [0.4, 0.5) is 0 Å². The highest BCUT2D eigenvalue weighted by Crippen LogP contribution is 2.24. The van der Waals surface area contributed by atoms with Gasteiger partial charge >= 0.3 is 0 Å². The molecule has 1 N–H and O–H groups in total. The number of halogens is 1. The highest BCUT2D eigenvalue weighted by molar-refractivity contribution is 7.12. The van der Waals surface area contributed by atoms with E-state index in [1.807, 2.05) is 5.38 Å². The van der Waals surface area contributed by atoms with Crippen LogP contribution in [-0.4, -0.2) is 25.2 Å². The molecule has 17 heavy (non-hydrogen) atoms. The third kappa shape index (κ3) is 3.00. The molecule has 0 bridgehead atoms. The molecule has 1 saturated carbocycles. The fourth-order valence-electron chi connectivity index (χ4n) is 2.23. The quantitative estimate of drug-likeness (QED) is 0.919. The van der Waals surface area contributed by atoms with Crippen molar-refractivity contribution in [3.05, 3.63) is 21.3 Å². The van der Waals surface area contributed by atoms with Crippen LogP contribution in [-0.2, 0) is 4.74 Å². The molecule has 1 fully saturated rings. The van der Waals surface area contributed by atoms with Gasteiger partial charge in [-0.25, -0.2) is 0 Å². The normalized spacial score (nSPS) is 24.6. The van der Waals surface area contributed by atoms with Crippen LogP contribution in [0.5, 0.6) is 0 Å². The summed E-state index contributed by atoms with van der Waals surface area (Å²) in [6.07, 6.45) is 4.44. The number of carbonyl (C=O) groups is 1. The van der Waals surface area contributed by atoms with Crippen molar-refractivity contribution in [2.45, 2.75) is 37.8 Å². The van der Waals surface area contributed by atoms with Crippen molar-refractivity contribution >= 4 is 28.8 Å². The molecule has 0 spiro atoms. The summed E-state index contributed by atoms with van der Waals surface area (Å²) in [5.41, 5.74) is 0. The summed E-state index contributed by atoms with van der Waals surface area (Å²) in [5, 5.41) is 5.38. The van der Waals surface area contributed by atoms with Gasteiger partial charge in [-0.3, -0.25) is 4.79 Å². The van der Waals surface area contributed by atoms with E-state index in [-0.39, 0.29) is 18.1 Å². The number of hydrogen-bond acceptors (Lipinski definition) is 3. The minimum absolute atomic E-state index is 0.0843. The zero-order valence-corrected chi connectivity index (χ0v) is 11.3. The van der Waals surface area contributed by atoms with Crippen LogP contribution in [0.1, 0.15) is 35.4 Å². The Morgan fingerprint density at radius 1 is 1.53 bits per heavy atom. The minimum Gasteiger partial charge on any atom is -0.379 e. The van der Waals surface area contributed by atoms with Crippen molar-refractivity contribution in [3.63, 3.8) is 0 Å². The van der Waals surface area contributed by atoms with Crippen LogP contribution in [0, 0.1) is 0 Å². The molecular weight excluding hydrogens is 258 g/mol. The second-order valence-electron chi connectivity index (χ2n) is 4.24. The van der Waals surface area contributed by atoms with Gasteiger partial charge in [-0.05, 0) is 24.3 Å². The van der Waals surface area contributed by atoms with Crippen molar-refractivity contribution in [1.82, 2.24) is 5.32 Å². The SMILES string of the molecule is COC1CCCCC1NC(=O)c1sccc1Cl. The van der Waals surface area contributed by atoms with E-state index in [1.54, 1.807) is 13.2 Å². The van der Waals surface area contributed by atoms with Gasteiger partial charge in [-0.2, -0.15) is 0 Å². The van der Waals surface area contributed by atoms with Gasteiger partial charge in [-0.15, -0.1) is 11.3 Å². The van der Waals surface area contributed by atoms with Crippen LogP contribution in [0.2, 0.25) is 5.02 Å². The standard InChI is InChI=1S/C12H16ClNO2S/c1-16-10-5-3-2-4-9(10)14-12(15)11-8(13)6-7-17-11/h6-7,9-10H,2-5H2,1H3,(H,14,15). The molecule has 2 rings (SSSR count). The lowest BCUT2D eigenvalue weighted by molar-refractivity contribution is 0.0393. The van der Waals surface area contributed by atoms with E-state index in [0.717, 1.165) is 19.3 Å². The molecule has 0 saturated heterocycles. The molecule has 3 nitrogen and oxygen atoms in total. The monoisotopic (exact) mass is 273 g/mol. The largest absolute Gasteiger partial charge is 0.379 e. The fraction of sp³-hybridized carbons (Fsp3) is 0.583. The van der Waals surface area contributed by atoms with Crippen molar-refractivity contribution in [3.8, 4) is 0 Å². The molecule has 0 aliphatic heterocycles. The van der Waals surface area contributed by atoms with E-state index in [2.05, 4.69) is 5.32 Å². The molecular formula is C12H16ClNO2S. The van der Waals surface area contributed by atoms with E-state index in [4.69, 9.17) is 16.3 Å². The van der Waals surface area contributed by atoms with Crippen LogP contribution < -0.4 is 5.32 Å². The zero-order valence-electron chi connectivity index (χ0n) is 9.74. The lowest BCUT2D eigenvalue weighted by Crippen LogP contribution is -2.45. The molecule has 2 unspecified atom stereocenters. The Morgan fingerprint density at radius 2 is 2.29 bits per heavy atom. The first-order chi connectivity index (χ1) is 8.22. The number of carbonyl (C=O) groups excluding carboxylic acids is 1. The predicted octanol–water partition coefficient (Wildman–Crippen LogP) is 3.09. The summed E-state index contributed by atoms with van der Waals surface area (Å²) in [4.78, 5) is 12.6. The van der Waals surface area contributed by atoms with Crippen molar-refractivity contribution < 1.29 is 9.53 Å². The predicted molar refractivity (Wildman–Crippen MR) is 69.8 cm³/mol. The van der Waals surface area contributed by atoms with Crippen LogP contribution in [0.3, 0.4) is 0 Å². The number of amides is 1. The lowest BCUT2D eigenvalue weighted by atomic mass is 9.92. The van der Waals surface area contributed by atoms with Gasteiger partial charge < -0.3 is 10.1 Å². The Labute approximate surface area is 110 Å². The minimum atomic E-state index is -0.0843. The second-order valence-corrected chi connectivity index (χ2v) is 5.56. The summed E-state index contributed by atoms with van der Waals surface area (Å²) < 4.78 is 5.41. The third-order valence-electron chi connectivity index (χ3n) is 3.15. The van der Waals surface area contributed by atoms with Crippen LogP contribution in [0.25, 0.3) is 0 Å². The van der Waals surface area contributed by atoms with Gasteiger partial charge in [0.1, 0.15) is 4.88 Å². The second kappa shape index (κ2) is 5.85. The van der Waals surface area contributed by atoms with Crippen molar-refractivity contribution in [2.75, 3.05) is 7.11 Å². The molecule has 5 heteroatoms. The number of rotatable bonds is 3. The van der Waals surface area contributed by atoms with Gasteiger partial charge in [-0.1, -0.05) is 24.4 Å². The summed E-state index contributed by atoms with van der Waals surface area (Å²) >= 11 is 7.31. The highest BCUT2D eigenvalue weighted by Gasteiger charge is 2.27. The zero-order chi connectivity index (χ0) is 12.3. The first-order valence-corrected chi connectivity index (χ1v) is 7.05. The summed E-state index contributed by atoms with van der Waals surface area (Å²) in [6.45, 7) is 0. The van der Waals surface area contributed by atoms with Gasteiger partial charge in [0.15, 0.2) is 0 Å². The maximum absolute atomic E-state index is 12.0. The molecule has 1 aliphatic carbocycles. The van der Waals surface area contributed by atoms with Crippen molar-refractivity contribution in [2.24, 2.45) is 0 Å². The summed E-state index contributed by atoms with van der Waals surface area (Å²) in [5.74, 6) is -0.0843. The van der Waals surface area contributed by atoms with E-state index in [0.29, 0.717) is 9.90 Å². The smallest absolute Gasteiger partial charge is 0.263 e. The Kier molecular flexibility index (Phi) is 4.42. The molecule has 0 aromatic carbocycles. The summed E-state index contributed by atoms with van der Waals surface area (Å²) in [7, 11) is 1.70. The molecule has 1 aliphatic rings. The van der Waals surface area contributed by atoms with Gasteiger partial charge in [0.2, 0.25) is 0 Å². The number of nitrogens with one attached hydrogen (secondary N) is 1. The van der Waals surface area contributed by atoms with E-state index in [1.165, 1.54) is 17.8 Å². The van der Waals surface area contributed by atoms with E-state index >= 15 is 0 Å². The number of hydrogen-bond donors (Lipinski definition) is 1. The Morgan fingerprint density at radius 3 is 2.94 bits per heavy atom. The van der Waals surface area contributed by atoms with Gasteiger partial charge in [0.05, 0.1) is 17.2 Å². The Bertz CT molecular complexity index is 394. The molecule has 0 radical (unpaired) electrons. The molecule has 1 amide bonds. The average Bonchev–Trinajstić information content (AvgIpc) is 2.76. The lowest BCUT2D eigenvalue weighted by Gasteiger charge is -2.30. The summed E-state index contributed by atoms with van der Waals surface area (Å²) in [6, 6.07) is 1.86. The Hall–Kier alpha value is -0.580. The molecule has 1 heterocycles. The fourth-order valence-corrected chi connectivity index (χ4v) is 3.28. The van der Waals surface area contributed by atoms with Crippen LogP contribution >= 0.6 is 22.9 Å². The van der Waals surface area contributed by atoms with Crippen molar-refractivity contribution in [1.29, 1.82) is 0 Å². The van der Waals surface area contributed by atoms with E-state index < -0.39 is 0 Å². The average molecular weight is 274 g/mol. The molecule has 1 aromatic rings. The first-order valence-electron chi connectivity index (χ1n) is 5.79. The highest BCUT2D eigenvalue weighted by atomic mass is 35.5. The maximum atomic E-state index is 12.0. The Balaban J connectivity index is 2.00. The van der Waals surface area contributed by atoms with E-state index in [9.17, 15) is 4.79 Å². The maximum Gasteiger partial charge on any atom is 0.263 e. The van der Waals surface area contributed by atoms with Gasteiger partial charge in [0.25, 0.3) is 5.91 Å². The molecule has 1 aromatic heterocycles. The topological polar surface area (TPSA) is 38.3 Å². The van der Waals surface area contributed by atoms with Crippen LogP contribution in [0.15, 0.2) is 11.4 Å². The first kappa shape index (κ1) is 12.9. The van der Waals surface area contributed by atoms with Gasteiger partial charge in [0, 0.05) is 7.11 Å². The number of thiophene rings is 1. The number of ether oxygens (including phenoxy) is 1. The third-order valence-corrected chi connectivity index (χ3v) is 4.49.